The van der Waals surface area contributed by atoms with Crippen LogP contribution in [0, 0.1) is 0 Å². The van der Waals surface area contributed by atoms with Gasteiger partial charge in [0.25, 0.3) is 0 Å². The average molecular weight is 1040 g/mol. The average Bonchev–Trinajstić information content (AvgIpc) is 4.18. The number of carboxylic acids is 1. The molecule has 6 aromatic rings. The van der Waals surface area contributed by atoms with E-state index in [1.165, 1.54) is 12.1 Å². The number of ether oxygens (including phenoxy) is 3. The number of carboxylic acid groups (broad SMARTS) is 1. The van der Waals surface area contributed by atoms with Crippen molar-refractivity contribution in [2.75, 3.05) is 42.6 Å². The number of aliphatic carboxylic acids is 1. The molecule has 0 saturated heterocycles. The SMILES string of the molecule is CCOC(=O)CCCNC(=O)N1CCc2cc(OCc3cc(-c4ccccc4)c(C(F)(F)F)s3)ccc21.O=C(O)CCCNC(=O)N1CCc2cc(OCc3cc(-c4ccccc4)c(C(F)(F)F)s3)ccc21. The van der Waals surface area contributed by atoms with Crippen molar-refractivity contribution in [2.24, 2.45) is 0 Å². The highest BCUT2D eigenvalue weighted by molar-refractivity contribution is 7.13. The predicted molar refractivity (Wildman–Crippen MR) is 263 cm³/mol. The molecule has 0 spiro atoms. The molecule has 4 aromatic carbocycles. The fraction of sp³-hybridized carbons (Fsp3) is 0.308. The van der Waals surface area contributed by atoms with Crippen LogP contribution in [0.1, 0.15) is 63.2 Å². The lowest BCUT2D eigenvalue weighted by molar-refractivity contribution is -0.143. The zero-order chi connectivity index (χ0) is 51.4. The van der Waals surface area contributed by atoms with Crippen molar-refractivity contribution < 1.29 is 64.8 Å². The number of nitrogens with zero attached hydrogens (tertiary/aromatic N) is 2. The van der Waals surface area contributed by atoms with Crippen LogP contribution in [0.15, 0.2) is 109 Å². The van der Waals surface area contributed by atoms with Crippen LogP contribution in [-0.4, -0.2) is 61.9 Å². The number of rotatable bonds is 17. The first-order valence-corrected chi connectivity index (χ1v) is 24.6. The van der Waals surface area contributed by atoms with E-state index >= 15 is 0 Å². The van der Waals surface area contributed by atoms with Gasteiger partial charge in [0.05, 0.1) is 6.61 Å². The maximum absolute atomic E-state index is 13.6. The van der Waals surface area contributed by atoms with E-state index in [4.69, 9.17) is 19.3 Å². The first-order valence-electron chi connectivity index (χ1n) is 23.0. The molecule has 0 saturated carbocycles. The number of alkyl halides is 6. The van der Waals surface area contributed by atoms with E-state index in [-0.39, 0.29) is 61.8 Å². The standard InChI is InChI=1S/C27H27F3N2O4S.C25H23F3N2O4S/c1-2-35-24(33)9-6-13-31-26(34)32-14-12-19-15-20(10-11-23(19)32)36-17-21-16-22(18-7-4-3-5-8-18)25(37-21)27(28,29)30;26-25(27,28)23-20(16-5-2-1-3-6-16)14-19(35-23)15-34-18-8-9-21-17(13-18)10-12-30(21)24(33)29-11-4-7-22(31)32/h3-5,7-8,10-11,15-16H,2,6,9,12-14,17H2,1H3,(H,31,34);1-3,5-6,8-9,13-14H,4,7,10-12,15H2,(H,29,33)(H,31,32). The summed E-state index contributed by atoms with van der Waals surface area (Å²) >= 11 is 1.36. The van der Waals surface area contributed by atoms with Crippen LogP contribution in [0.3, 0.4) is 0 Å². The topological polar surface area (TPSA) is 147 Å². The van der Waals surface area contributed by atoms with E-state index in [0.717, 1.165) is 22.5 Å². The molecular formula is C52H50F6N4O8S2. The molecule has 0 aliphatic carbocycles. The van der Waals surface area contributed by atoms with Gasteiger partial charge < -0.3 is 30.0 Å². The van der Waals surface area contributed by atoms with Crippen LogP contribution in [0.4, 0.5) is 47.3 Å². The van der Waals surface area contributed by atoms with Gasteiger partial charge in [0, 0.05) is 71.3 Å². The largest absolute Gasteiger partial charge is 0.488 e. The Morgan fingerprint density at radius 3 is 1.44 bits per heavy atom. The van der Waals surface area contributed by atoms with Crippen LogP contribution in [0.5, 0.6) is 11.5 Å². The minimum atomic E-state index is -4.46. The Balaban J connectivity index is 0.000000212. The maximum atomic E-state index is 13.6. The number of thiophene rings is 2. The normalized spacial score (nSPS) is 12.9. The van der Waals surface area contributed by atoms with Crippen LogP contribution in [-0.2, 0) is 52.7 Å². The number of anilines is 2. The molecule has 4 amide bonds. The summed E-state index contributed by atoms with van der Waals surface area (Å²) in [5.74, 6) is -0.162. The second kappa shape index (κ2) is 23.9. The Kier molecular flexibility index (Phi) is 17.5. The molecular weight excluding hydrogens is 987 g/mol. The number of fused-ring (bicyclic) bond motifs is 2. The number of benzene rings is 4. The van der Waals surface area contributed by atoms with Crippen molar-refractivity contribution >= 4 is 58.0 Å². The summed E-state index contributed by atoms with van der Waals surface area (Å²) in [5, 5.41) is 14.2. The lowest BCUT2D eigenvalue weighted by Gasteiger charge is -2.18. The van der Waals surface area contributed by atoms with E-state index in [9.17, 15) is 45.5 Å². The van der Waals surface area contributed by atoms with Crippen molar-refractivity contribution in [2.45, 2.75) is 71.0 Å². The highest BCUT2D eigenvalue weighted by atomic mass is 32.1. The Labute approximate surface area is 419 Å². The lowest BCUT2D eigenvalue weighted by Crippen LogP contribution is -2.39. The molecule has 2 aromatic heterocycles. The molecule has 0 bridgehead atoms. The fourth-order valence-electron chi connectivity index (χ4n) is 8.07. The Hall–Kier alpha value is -7.06. The molecule has 8 rings (SSSR count). The van der Waals surface area contributed by atoms with E-state index in [2.05, 4.69) is 10.6 Å². The molecule has 0 radical (unpaired) electrons. The summed E-state index contributed by atoms with van der Waals surface area (Å²) in [6.07, 6.45) is -6.60. The van der Waals surface area contributed by atoms with Gasteiger partial charge in [-0.05, 0) is 103 Å². The smallest absolute Gasteiger partial charge is 0.426 e. The summed E-state index contributed by atoms with van der Waals surface area (Å²) < 4.78 is 98.2. The first kappa shape index (κ1) is 52.8. The number of hydrogen-bond acceptors (Lipinski definition) is 9. The van der Waals surface area contributed by atoms with Crippen LogP contribution < -0.4 is 29.9 Å². The van der Waals surface area contributed by atoms with E-state index < -0.39 is 28.1 Å². The van der Waals surface area contributed by atoms with Crippen LogP contribution in [0.25, 0.3) is 22.3 Å². The van der Waals surface area contributed by atoms with Crippen molar-refractivity contribution in [3.63, 3.8) is 0 Å². The van der Waals surface area contributed by atoms with E-state index in [0.29, 0.717) is 107 Å². The third-order valence-corrected chi connectivity index (χ3v) is 13.7. The van der Waals surface area contributed by atoms with E-state index in [1.807, 2.05) is 6.07 Å². The molecule has 0 atom stereocenters. The monoisotopic (exact) mass is 1040 g/mol. The second-order valence-corrected chi connectivity index (χ2v) is 18.7. The number of esters is 1. The molecule has 2 aliphatic heterocycles. The number of amides is 4. The lowest BCUT2D eigenvalue weighted by atomic mass is 10.1. The van der Waals surface area contributed by atoms with Gasteiger partial charge in [-0.25, -0.2) is 9.59 Å². The van der Waals surface area contributed by atoms with Gasteiger partial charge in [-0.15, -0.1) is 22.7 Å². The number of hydrogen-bond donors (Lipinski definition) is 3. The molecule has 3 N–H and O–H groups in total. The second-order valence-electron chi connectivity index (χ2n) is 16.5. The number of halogens is 6. The quantitative estimate of drug-likeness (QED) is 0.0465. The summed E-state index contributed by atoms with van der Waals surface area (Å²) in [7, 11) is 0. The molecule has 20 heteroatoms. The number of nitrogens with one attached hydrogen (secondary N) is 2. The highest BCUT2D eigenvalue weighted by Crippen LogP contribution is 2.45. The van der Waals surface area contributed by atoms with Gasteiger partial charge in [-0.1, -0.05) is 60.7 Å². The van der Waals surface area contributed by atoms with Gasteiger partial charge in [-0.3, -0.25) is 19.4 Å². The number of carbonyl (C=O) groups excluding carboxylic acids is 3. The molecule has 2 aliphatic rings. The zero-order valence-corrected chi connectivity index (χ0v) is 40.5. The van der Waals surface area contributed by atoms with Gasteiger partial charge >= 0.3 is 36.4 Å². The maximum Gasteiger partial charge on any atom is 0.426 e. The minimum Gasteiger partial charge on any atom is -0.488 e. The molecule has 0 unspecified atom stereocenters. The van der Waals surface area contributed by atoms with Crippen molar-refractivity contribution in [1.82, 2.24) is 10.6 Å². The third kappa shape index (κ3) is 13.9. The molecule has 0 fully saturated rings. The number of urea groups is 2. The van der Waals surface area contributed by atoms with E-state index in [1.54, 1.807) is 108 Å². The van der Waals surface area contributed by atoms with Crippen molar-refractivity contribution in [3.8, 4) is 33.8 Å². The summed E-state index contributed by atoms with van der Waals surface area (Å²) in [4.78, 5) is 49.8. The van der Waals surface area contributed by atoms with Crippen LogP contribution in [0.2, 0.25) is 0 Å². The Morgan fingerprint density at radius 1 is 0.611 bits per heavy atom. The Morgan fingerprint density at radius 2 is 1.04 bits per heavy atom. The molecule has 72 heavy (non-hydrogen) atoms. The summed E-state index contributed by atoms with van der Waals surface area (Å²) in [6.45, 7) is 3.68. The van der Waals surface area contributed by atoms with Gasteiger partial charge in [0.15, 0.2) is 0 Å². The molecule has 380 valence electrons. The van der Waals surface area contributed by atoms with Crippen LogP contribution >= 0.6 is 22.7 Å². The molecule has 4 heterocycles. The highest BCUT2D eigenvalue weighted by Gasteiger charge is 2.38. The summed E-state index contributed by atoms with van der Waals surface area (Å²) in [5.41, 5.74) is 4.61. The Bertz CT molecular complexity index is 2840. The molecule has 12 nitrogen and oxygen atoms in total. The number of carbonyl (C=O) groups is 4. The van der Waals surface area contributed by atoms with Gasteiger partial charge in [0.1, 0.15) is 34.5 Å². The zero-order valence-electron chi connectivity index (χ0n) is 38.9. The van der Waals surface area contributed by atoms with Crippen molar-refractivity contribution in [3.05, 3.63) is 140 Å². The fourth-order valence-corrected chi connectivity index (χ4v) is 9.98. The predicted octanol–water partition coefficient (Wildman–Crippen LogP) is 12.4. The first-order chi connectivity index (χ1) is 34.5. The minimum absolute atomic E-state index is 0.00400. The third-order valence-electron chi connectivity index (χ3n) is 11.4. The van der Waals surface area contributed by atoms with Gasteiger partial charge in [0.2, 0.25) is 0 Å². The van der Waals surface area contributed by atoms with Crippen molar-refractivity contribution in [1.29, 1.82) is 0 Å². The summed E-state index contributed by atoms with van der Waals surface area (Å²) in [6, 6.07) is 30.0. The van der Waals surface area contributed by atoms with Gasteiger partial charge in [-0.2, -0.15) is 26.3 Å².